The molecule has 0 radical (unpaired) electrons. The number of alkyl halides is 3. The van der Waals surface area contributed by atoms with Gasteiger partial charge in [0.05, 0.1) is 18.2 Å². The fraction of sp³-hybridized carbons (Fsp3) is 0.533. The summed E-state index contributed by atoms with van der Waals surface area (Å²) in [5.41, 5.74) is 0.0319. The van der Waals surface area contributed by atoms with Gasteiger partial charge in [-0.1, -0.05) is 19.3 Å². The first-order chi connectivity index (χ1) is 9.43. The molecule has 0 heterocycles. The molecule has 1 aromatic carbocycles. The summed E-state index contributed by atoms with van der Waals surface area (Å²) in [6, 6.07) is 3.29. The van der Waals surface area contributed by atoms with Crippen LogP contribution in [0.5, 0.6) is 0 Å². The van der Waals surface area contributed by atoms with E-state index in [0.29, 0.717) is 5.56 Å². The summed E-state index contributed by atoms with van der Waals surface area (Å²) in [6.45, 7) is 0. The van der Waals surface area contributed by atoms with Crippen molar-refractivity contribution in [1.82, 2.24) is 0 Å². The number of benzene rings is 1. The molecule has 1 aliphatic carbocycles. The minimum absolute atomic E-state index is 0.0140. The van der Waals surface area contributed by atoms with Gasteiger partial charge in [-0.3, -0.25) is 0 Å². The predicted molar refractivity (Wildman–Crippen MR) is 68.6 cm³/mol. The highest BCUT2D eigenvalue weighted by Crippen LogP contribution is 2.38. The van der Waals surface area contributed by atoms with Gasteiger partial charge < -0.3 is 4.74 Å². The Kier molecular flexibility index (Phi) is 4.35. The quantitative estimate of drug-likeness (QED) is 0.746. The van der Waals surface area contributed by atoms with Gasteiger partial charge in [-0.2, -0.15) is 13.2 Å². The summed E-state index contributed by atoms with van der Waals surface area (Å²) in [5.74, 6) is -0.556. The van der Waals surface area contributed by atoms with Crippen LogP contribution >= 0.6 is 0 Å². The van der Waals surface area contributed by atoms with E-state index in [1.54, 1.807) is 0 Å². The molecular formula is C15H17F3O2. The van der Waals surface area contributed by atoms with Gasteiger partial charge in [-0.15, -0.1) is 0 Å². The van der Waals surface area contributed by atoms with Crippen LogP contribution in [0.15, 0.2) is 18.2 Å². The van der Waals surface area contributed by atoms with Crippen LogP contribution < -0.4 is 0 Å². The van der Waals surface area contributed by atoms with E-state index < -0.39 is 17.7 Å². The van der Waals surface area contributed by atoms with Crippen LogP contribution in [0.25, 0.3) is 0 Å². The van der Waals surface area contributed by atoms with Gasteiger partial charge >= 0.3 is 12.1 Å². The lowest BCUT2D eigenvalue weighted by atomic mass is 9.81. The third-order valence-electron chi connectivity index (χ3n) is 3.83. The van der Waals surface area contributed by atoms with Crippen LogP contribution in [-0.4, -0.2) is 13.1 Å². The number of esters is 1. The molecule has 2 rings (SSSR count). The van der Waals surface area contributed by atoms with Crippen LogP contribution in [0.4, 0.5) is 13.2 Å². The Labute approximate surface area is 115 Å². The molecule has 110 valence electrons. The zero-order valence-corrected chi connectivity index (χ0v) is 11.3. The number of carbonyl (C=O) groups is 1. The lowest BCUT2D eigenvalue weighted by molar-refractivity contribution is -0.137. The van der Waals surface area contributed by atoms with Gasteiger partial charge in [0.25, 0.3) is 0 Å². The van der Waals surface area contributed by atoms with Crippen LogP contribution in [0.2, 0.25) is 0 Å². The molecule has 1 aliphatic rings. The second-order valence-electron chi connectivity index (χ2n) is 5.13. The van der Waals surface area contributed by atoms with Crippen molar-refractivity contribution in [3.8, 4) is 0 Å². The van der Waals surface area contributed by atoms with Gasteiger partial charge in [0.2, 0.25) is 0 Å². The van der Waals surface area contributed by atoms with E-state index in [4.69, 9.17) is 0 Å². The third-order valence-corrected chi connectivity index (χ3v) is 3.83. The smallest absolute Gasteiger partial charge is 0.416 e. The molecule has 0 spiro atoms. The summed E-state index contributed by atoms with van der Waals surface area (Å²) < 4.78 is 43.2. The number of rotatable bonds is 2. The van der Waals surface area contributed by atoms with E-state index in [-0.39, 0.29) is 11.5 Å². The van der Waals surface area contributed by atoms with Gasteiger partial charge in [0.15, 0.2) is 0 Å². The number of hydrogen-bond donors (Lipinski definition) is 0. The zero-order chi connectivity index (χ0) is 14.8. The van der Waals surface area contributed by atoms with Crippen LogP contribution in [0, 0.1) is 0 Å². The van der Waals surface area contributed by atoms with E-state index in [2.05, 4.69) is 4.74 Å². The summed E-state index contributed by atoms with van der Waals surface area (Å²) in [7, 11) is 1.24. The molecule has 0 bridgehead atoms. The Balaban J connectivity index is 2.44. The number of hydrogen-bond acceptors (Lipinski definition) is 2. The Bertz CT molecular complexity index is 488. The molecule has 0 N–H and O–H groups in total. The average Bonchev–Trinajstić information content (AvgIpc) is 2.46. The number of halogens is 3. The normalized spacial score (nSPS) is 17.0. The second kappa shape index (κ2) is 5.85. The van der Waals surface area contributed by atoms with Crippen molar-refractivity contribution >= 4 is 5.97 Å². The maximum absolute atomic E-state index is 12.8. The van der Waals surface area contributed by atoms with Crippen molar-refractivity contribution in [2.24, 2.45) is 0 Å². The highest BCUT2D eigenvalue weighted by atomic mass is 19.4. The summed E-state index contributed by atoms with van der Waals surface area (Å²) in [4.78, 5) is 11.7. The average molecular weight is 286 g/mol. The third kappa shape index (κ3) is 3.14. The number of ether oxygens (including phenoxy) is 1. The van der Waals surface area contributed by atoms with Gasteiger partial charge in [0.1, 0.15) is 0 Å². The summed E-state index contributed by atoms with van der Waals surface area (Å²) in [5, 5.41) is 0. The van der Waals surface area contributed by atoms with Crippen molar-refractivity contribution in [2.75, 3.05) is 7.11 Å². The predicted octanol–water partition coefficient (Wildman–Crippen LogP) is 4.54. The van der Waals surface area contributed by atoms with E-state index in [1.165, 1.54) is 13.2 Å². The lowest BCUT2D eigenvalue weighted by Crippen LogP contribution is -2.14. The minimum atomic E-state index is -4.39. The minimum Gasteiger partial charge on any atom is -0.465 e. The number of methoxy groups -OCH3 is 1. The van der Waals surface area contributed by atoms with Gasteiger partial charge in [-0.05, 0) is 42.5 Å². The van der Waals surface area contributed by atoms with E-state index in [9.17, 15) is 18.0 Å². The molecule has 0 aromatic heterocycles. The first-order valence-electron chi connectivity index (χ1n) is 6.73. The van der Waals surface area contributed by atoms with Crippen molar-refractivity contribution in [3.63, 3.8) is 0 Å². The Hall–Kier alpha value is -1.52. The van der Waals surface area contributed by atoms with E-state index in [1.807, 2.05) is 0 Å². The first kappa shape index (κ1) is 14.9. The molecular weight excluding hydrogens is 269 g/mol. The van der Waals surface area contributed by atoms with Crippen molar-refractivity contribution in [3.05, 3.63) is 34.9 Å². The molecule has 20 heavy (non-hydrogen) atoms. The lowest BCUT2D eigenvalue weighted by Gasteiger charge is -2.24. The van der Waals surface area contributed by atoms with E-state index >= 15 is 0 Å². The maximum atomic E-state index is 12.8. The molecule has 0 saturated heterocycles. The van der Waals surface area contributed by atoms with Crippen LogP contribution in [0.1, 0.15) is 59.5 Å². The fourth-order valence-electron chi connectivity index (χ4n) is 2.79. The number of carbonyl (C=O) groups excluding carboxylic acids is 1. The molecule has 5 heteroatoms. The van der Waals surface area contributed by atoms with Gasteiger partial charge in [0, 0.05) is 0 Å². The molecule has 2 nitrogen and oxygen atoms in total. The Morgan fingerprint density at radius 2 is 1.85 bits per heavy atom. The van der Waals surface area contributed by atoms with Gasteiger partial charge in [-0.25, -0.2) is 4.79 Å². The Morgan fingerprint density at radius 1 is 1.20 bits per heavy atom. The fourth-order valence-corrected chi connectivity index (χ4v) is 2.79. The van der Waals surface area contributed by atoms with Crippen molar-refractivity contribution in [2.45, 2.75) is 44.2 Å². The summed E-state index contributed by atoms with van der Waals surface area (Å²) in [6.07, 6.45) is 0.334. The highest BCUT2D eigenvalue weighted by Gasteiger charge is 2.33. The molecule has 0 amide bonds. The molecule has 1 fully saturated rings. The van der Waals surface area contributed by atoms with Crippen molar-refractivity contribution in [1.29, 1.82) is 0 Å². The Morgan fingerprint density at radius 3 is 2.40 bits per heavy atom. The van der Waals surface area contributed by atoms with E-state index in [0.717, 1.165) is 44.2 Å². The van der Waals surface area contributed by atoms with Crippen LogP contribution in [0.3, 0.4) is 0 Å². The molecule has 0 atom stereocenters. The SMILES string of the molecule is COC(=O)c1ccc(C(F)(F)F)cc1C1CCCCC1. The maximum Gasteiger partial charge on any atom is 0.416 e. The van der Waals surface area contributed by atoms with Crippen LogP contribution in [-0.2, 0) is 10.9 Å². The first-order valence-corrected chi connectivity index (χ1v) is 6.73. The standard InChI is InChI=1S/C15H17F3O2/c1-20-14(19)12-8-7-11(15(16,17)18)9-13(12)10-5-3-2-4-6-10/h7-10H,2-6H2,1H3. The van der Waals surface area contributed by atoms with Crippen molar-refractivity contribution < 1.29 is 22.7 Å². The molecule has 1 saturated carbocycles. The second-order valence-corrected chi connectivity index (χ2v) is 5.13. The molecule has 1 aromatic rings. The summed E-state index contributed by atoms with van der Waals surface area (Å²) >= 11 is 0. The molecule has 0 unspecified atom stereocenters. The highest BCUT2D eigenvalue weighted by molar-refractivity contribution is 5.91. The zero-order valence-electron chi connectivity index (χ0n) is 11.3. The monoisotopic (exact) mass is 286 g/mol. The largest absolute Gasteiger partial charge is 0.465 e. The molecule has 0 aliphatic heterocycles. The topological polar surface area (TPSA) is 26.3 Å².